The Balaban J connectivity index is 2.17. The maximum Gasteiger partial charge on any atom is 0.0771 e. The maximum absolute atomic E-state index is 6.29. The van der Waals surface area contributed by atoms with Gasteiger partial charge in [0.15, 0.2) is 0 Å². The van der Waals surface area contributed by atoms with Gasteiger partial charge in [-0.05, 0) is 38.0 Å². The highest BCUT2D eigenvalue weighted by Gasteiger charge is 2.34. The van der Waals surface area contributed by atoms with Crippen LogP contribution in [0.2, 0.25) is 0 Å². The Morgan fingerprint density at radius 2 is 1.72 bits per heavy atom. The quantitative estimate of drug-likeness (QED) is 0.287. The van der Waals surface area contributed by atoms with Gasteiger partial charge in [0.2, 0.25) is 0 Å². The van der Waals surface area contributed by atoms with Crippen LogP contribution in [0, 0.1) is 5.92 Å². The summed E-state index contributed by atoms with van der Waals surface area (Å²) in [6.45, 7) is 5.59. The fourth-order valence-electron chi connectivity index (χ4n) is 2.92. The van der Waals surface area contributed by atoms with E-state index in [-0.39, 0.29) is 5.60 Å². The third-order valence-corrected chi connectivity index (χ3v) is 5.88. The fraction of sp³-hybridized carbons (Fsp3) is 1.00. The van der Waals surface area contributed by atoms with Crippen molar-refractivity contribution in [3.63, 3.8) is 0 Å². The summed E-state index contributed by atoms with van der Waals surface area (Å²) in [5.74, 6) is 0.967. The lowest BCUT2D eigenvalue weighted by Crippen LogP contribution is -2.39. The smallest absolute Gasteiger partial charge is 0.0771 e. The van der Waals surface area contributed by atoms with E-state index < -0.39 is 0 Å². The van der Waals surface area contributed by atoms with E-state index in [0.29, 0.717) is 0 Å². The Hall–Kier alpha value is 0.690. The molecule has 0 amide bonds. The number of hydrogen-bond acceptors (Lipinski definition) is 1. The van der Waals surface area contributed by atoms with Crippen LogP contribution in [0.5, 0.6) is 0 Å². The highest BCUT2D eigenvalue weighted by Crippen LogP contribution is 2.37. The van der Waals surface area contributed by atoms with Crippen molar-refractivity contribution in [3.8, 4) is 0 Å². The van der Waals surface area contributed by atoms with E-state index in [9.17, 15) is 0 Å². The minimum Gasteiger partial charge on any atom is -0.374 e. The van der Waals surface area contributed by atoms with Crippen molar-refractivity contribution in [2.75, 3.05) is 11.0 Å². The number of unbranched alkanes of at least 4 members (excludes halogenated alkanes) is 4. The molecule has 0 N–H and O–H groups in total. The molecule has 108 valence electrons. The molecule has 0 aromatic carbocycles. The second-order valence-corrected chi connectivity index (χ2v) is 6.69. The molecule has 0 radical (unpaired) electrons. The van der Waals surface area contributed by atoms with Gasteiger partial charge < -0.3 is 4.74 Å². The summed E-state index contributed by atoms with van der Waals surface area (Å²) < 4.78 is 7.46. The van der Waals surface area contributed by atoms with E-state index in [1.54, 1.807) is 0 Å². The van der Waals surface area contributed by atoms with E-state index in [0.717, 1.165) is 12.5 Å². The van der Waals surface area contributed by atoms with E-state index in [2.05, 4.69) is 36.4 Å². The molecular formula is C16H31IO. The van der Waals surface area contributed by atoms with Crippen LogP contribution in [0.4, 0.5) is 0 Å². The molecule has 0 aliphatic heterocycles. The van der Waals surface area contributed by atoms with Gasteiger partial charge in [-0.25, -0.2) is 0 Å². The largest absolute Gasteiger partial charge is 0.374 e. The van der Waals surface area contributed by atoms with E-state index in [1.165, 1.54) is 68.6 Å². The molecule has 0 spiro atoms. The van der Waals surface area contributed by atoms with E-state index in [4.69, 9.17) is 4.74 Å². The molecule has 0 bridgehead atoms. The van der Waals surface area contributed by atoms with Crippen molar-refractivity contribution < 1.29 is 4.74 Å². The van der Waals surface area contributed by atoms with Gasteiger partial charge in [0.1, 0.15) is 0 Å². The van der Waals surface area contributed by atoms with Gasteiger partial charge in [-0.2, -0.15) is 0 Å². The minimum absolute atomic E-state index is 0.233. The SMILES string of the molecule is CCCCCCCOC1(CI)CCC(CC)CC1. The number of ether oxygens (including phenoxy) is 1. The highest BCUT2D eigenvalue weighted by atomic mass is 127. The molecule has 0 saturated heterocycles. The summed E-state index contributed by atoms with van der Waals surface area (Å²) in [5, 5.41) is 0. The molecule has 0 unspecified atom stereocenters. The van der Waals surface area contributed by atoms with Crippen LogP contribution >= 0.6 is 22.6 Å². The summed E-state index contributed by atoms with van der Waals surface area (Å²) >= 11 is 2.53. The molecule has 0 aromatic heterocycles. The summed E-state index contributed by atoms with van der Waals surface area (Å²) in [6.07, 6.45) is 13.4. The fourth-order valence-corrected chi connectivity index (χ4v) is 3.91. The lowest BCUT2D eigenvalue weighted by atomic mass is 9.79. The Labute approximate surface area is 128 Å². The predicted octanol–water partition coefficient (Wildman–Crippen LogP) is 5.75. The van der Waals surface area contributed by atoms with Crippen molar-refractivity contribution >= 4 is 22.6 Å². The van der Waals surface area contributed by atoms with Crippen LogP contribution in [0.1, 0.15) is 78.1 Å². The average molecular weight is 366 g/mol. The predicted molar refractivity (Wildman–Crippen MR) is 88.6 cm³/mol. The standard InChI is InChI=1S/C16H31IO/c1-3-5-6-7-8-13-18-16(14-17)11-9-15(4-2)10-12-16/h15H,3-14H2,1-2H3. The first-order valence-corrected chi connectivity index (χ1v) is 9.49. The van der Waals surface area contributed by atoms with Gasteiger partial charge in [0, 0.05) is 11.0 Å². The van der Waals surface area contributed by atoms with Crippen molar-refractivity contribution in [3.05, 3.63) is 0 Å². The number of rotatable bonds is 9. The molecule has 1 aliphatic rings. The van der Waals surface area contributed by atoms with Gasteiger partial charge >= 0.3 is 0 Å². The topological polar surface area (TPSA) is 9.23 Å². The number of halogens is 1. The Bertz CT molecular complexity index is 197. The van der Waals surface area contributed by atoms with Crippen LogP contribution in [0.3, 0.4) is 0 Å². The molecular weight excluding hydrogens is 335 g/mol. The van der Waals surface area contributed by atoms with Crippen LogP contribution in [-0.4, -0.2) is 16.6 Å². The van der Waals surface area contributed by atoms with Gasteiger partial charge in [0.25, 0.3) is 0 Å². The van der Waals surface area contributed by atoms with Crippen molar-refractivity contribution in [2.24, 2.45) is 5.92 Å². The van der Waals surface area contributed by atoms with E-state index in [1.807, 2.05) is 0 Å². The van der Waals surface area contributed by atoms with Gasteiger partial charge in [-0.1, -0.05) is 68.5 Å². The zero-order valence-electron chi connectivity index (χ0n) is 12.3. The monoisotopic (exact) mass is 366 g/mol. The number of alkyl halides is 1. The highest BCUT2D eigenvalue weighted by molar-refractivity contribution is 14.1. The summed E-state index contributed by atoms with van der Waals surface area (Å²) in [4.78, 5) is 0. The van der Waals surface area contributed by atoms with Crippen LogP contribution in [0.15, 0.2) is 0 Å². The summed E-state index contributed by atoms with van der Waals surface area (Å²) in [7, 11) is 0. The Kier molecular flexibility index (Phi) is 8.90. The second kappa shape index (κ2) is 9.57. The summed E-state index contributed by atoms with van der Waals surface area (Å²) in [5.41, 5.74) is 0.233. The van der Waals surface area contributed by atoms with Crippen molar-refractivity contribution in [1.82, 2.24) is 0 Å². The van der Waals surface area contributed by atoms with E-state index >= 15 is 0 Å². The molecule has 0 atom stereocenters. The van der Waals surface area contributed by atoms with Crippen molar-refractivity contribution in [1.29, 1.82) is 0 Å². The van der Waals surface area contributed by atoms with Gasteiger partial charge in [-0.3, -0.25) is 0 Å². The minimum atomic E-state index is 0.233. The van der Waals surface area contributed by atoms with Gasteiger partial charge in [0.05, 0.1) is 5.60 Å². The zero-order chi connectivity index (χ0) is 13.3. The van der Waals surface area contributed by atoms with Crippen molar-refractivity contribution in [2.45, 2.75) is 83.7 Å². The maximum atomic E-state index is 6.29. The van der Waals surface area contributed by atoms with Crippen LogP contribution in [0.25, 0.3) is 0 Å². The first-order valence-electron chi connectivity index (χ1n) is 7.96. The zero-order valence-corrected chi connectivity index (χ0v) is 14.5. The molecule has 18 heavy (non-hydrogen) atoms. The first kappa shape index (κ1) is 16.7. The first-order chi connectivity index (χ1) is 8.76. The molecule has 1 fully saturated rings. The number of hydrogen-bond donors (Lipinski definition) is 0. The average Bonchev–Trinajstić information content (AvgIpc) is 2.43. The normalized spacial score (nSPS) is 28.5. The molecule has 0 aromatic rings. The molecule has 1 saturated carbocycles. The van der Waals surface area contributed by atoms with Crippen LogP contribution in [-0.2, 0) is 4.74 Å². The molecule has 2 heteroatoms. The second-order valence-electron chi connectivity index (χ2n) is 5.93. The molecule has 1 rings (SSSR count). The Morgan fingerprint density at radius 3 is 2.28 bits per heavy atom. The Morgan fingerprint density at radius 1 is 1.06 bits per heavy atom. The van der Waals surface area contributed by atoms with Gasteiger partial charge in [-0.15, -0.1) is 0 Å². The molecule has 1 aliphatic carbocycles. The summed E-state index contributed by atoms with van der Waals surface area (Å²) in [6, 6.07) is 0. The van der Waals surface area contributed by atoms with Crippen LogP contribution < -0.4 is 0 Å². The lowest BCUT2D eigenvalue weighted by Gasteiger charge is -2.39. The third-order valence-electron chi connectivity index (χ3n) is 4.49. The lowest BCUT2D eigenvalue weighted by molar-refractivity contribution is -0.0602. The third kappa shape index (κ3) is 5.77. The molecule has 0 heterocycles. The molecule has 1 nitrogen and oxygen atoms in total.